The number of hydrogen-bond acceptors (Lipinski definition) is 4. The Kier molecular flexibility index (Phi) is 5.10. The molecule has 1 aliphatic heterocycles. The summed E-state index contributed by atoms with van der Waals surface area (Å²) in [5, 5.41) is 9.10. The number of rotatable bonds is 3. The number of aromatic nitrogens is 2. The van der Waals surface area contributed by atoms with E-state index in [1.165, 1.54) is 42.5 Å². The van der Waals surface area contributed by atoms with Crippen LogP contribution in [0.4, 0.5) is 24.5 Å². The van der Waals surface area contributed by atoms with Gasteiger partial charge in [0.2, 0.25) is 0 Å². The van der Waals surface area contributed by atoms with E-state index in [2.05, 4.69) is 15.7 Å². The maximum Gasteiger partial charge on any atom is 0.434 e. The number of halogens is 4. The first-order valence-corrected chi connectivity index (χ1v) is 9.35. The number of nitrogens with one attached hydrogen (secondary N) is 2. The van der Waals surface area contributed by atoms with Crippen molar-refractivity contribution in [3.05, 3.63) is 64.9 Å². The predicted molar refractivity (Wildman–Crippen MR) is 107 cm³/mol. The van der Waals surface area contributed by atoms with Crippen LogP contribution in [0.5, 0.6) is 5.75 Å². The number of alkyl halides is 3. The van der Waals surface area contributed by atoms with Gasteiger partial charge in [-0.3, -0.25) is 9.59 Å². The summed E-state index contributed by atoms with van der Waals surface area (Å²) in [6, 6.07) is 9.92. The van der Waals surface area contributed by atoms with Gasteiger partial charge in [-0.2, -0.15) is 18.3 Å². The Balaban J connectivity index is 1.66. The molecule has 0 spiro atoms. The van der Waals surface area contributed by atoms with Gasteiger partial charge in [0.1, 0.15) is 5.75 Å². The fourth-order valence-corrected chi connectivity index (χ4v) is 3.18. The SMILES string of the molecule is CC1Oc2ccc(NC(=O)c3cnn(-c4ccc(Cl)cc4)c3C(F)(F)F)cc2NC1=O. The van der Waals surface area contributed by atoms with E-state index in [9.17, 15) is 22.8 Å². The first-order chi connectivity index (χ1) is 14.6. The molecular formula is C20H14ClF3N4O3. The molecule has 1 unspecified atom stereocenters. The number of benzene rings is 2. The van der Waals surface area contributed by atoms with Crippen LogP contribution in [0.15, 0.2) is 48.7 Å². The van der Waals surface area contributed by atoms with Gasteiger partial charge in [-0.05, 0) is 49.4 Å². The lowest BCUT2D eigenvalue weighted by molar-refractivity contribution is -0.143. The van der Waals surface area contributed by atoms with Crippen molar-refractivity contribution in [3.8, 4) is 11.4 Å². The maximum atomic E-state index is 13.8. The van der Waals surface area contributed by atoms with E-state index in [-0.39, 0.29) is 17.3 Å². The lowest BCUT2D eigenvalue weighted by Gasteiger charge is -2.23. The van der Waals surface area contributed by atoms with E-state index < -0.39 is 29.4 Å². The van der Waals surface area contributed by atoms with Crippen LogP contribution >= 0.6 is 11.6 Å². The second-order valence-electron chi connectivity index (χ2n) is 6.71. The molecule has 1 aromatic heterocycles. The van der Waals surface area contributed by atoms with Crippen LogP contribution < -0.4 is 15.4 Å². The van der Waals surface area contributed by atoms with Crippen molar-refractivity contribution in [2.45, 2.75) is 19.2 Å². The number of amides is 2. The van der Waals surface area contributed by atoms with Crippen molar-refractivity contribution >= 4 is 34.8 Å². The van der Waals surface area contributed by atoms with Crippen molar-refractivity contribution in [2.75, 3.05) is 10.6 Å². The molecule has 2 N–H and O–H groups in total. The lowest BCUT2D eigenvalue weighted by atomic mass is 10.2. The summed E-state index contributed by atoms with van der Waals surface area (Å²) in [5.41, 5.74) is -1.31. The number of nitrogens with zero attached hydrogens (tertiary/aromatic N) is 2. The smallest absolute Gasteiger partial charge is 0.434 e. The summed E-state index contributed by atoms with van der Waals surface area (Å²) in [7, 11) is 0. The van der Waals surface area contributed by atoms with E-state index in [0.717, 1.165) is 6.20 Å². The van der Waals surface area contributed by atoms with Crippen LogP contribution in [0.1, 0.15) is 23.0 Å². The average Bonchev–Trinajstić information content (AvgIpc) is 3.15. The first-order valence-electron chi connectivity index (χ1n) is 8.97. The maximum absolute atomic E-state index is 13.8. The first kappa shape index (κ1) is 20.7. The zero-order valence-electron chi connectivity index (χ0n) is 15.8. The molecule has 0 aliphatic carbocycles. The molecule has 1 atom stereocenters. The van der Waals surface area contributed by atoms with Gasteiger partial charge >= 0.3 is 6.18 Å². The molecule has 11 heteroatoms. The van der Waals surface area contributed by atoms with Crippen molar-refractivity contribution in [3.63, 3.8) is 0 Å². The number of fused-ring (bicyclic) bond motifs is 1. The van der Waals surface area contributed by atoms with E-state index >= 15 is 0 Å². The van der Waals surface area contributed by atoms with Crippen LogP contribution in [0, 0.1) is 0 Å². The fraction of sp³-hybridized carbons (Fsp3) is 0.150. The highest BCUT2D eigenvalue weighted by atomic mass is 35.5. The van der Waals surface area contributed by atoms with Gasteiger partial charge < -0.3 is 15.4 Å². The number of carbonyl (C=O) groups is 2. The summed E-state index contributed by atoms with van der Waals surface area (Å²) in [4.78, 5) is 24.4. The zero-order chi connectivity index (χ0) is 22.3. The minimum Gasteiger partial charge on any atom is -0.479 e. The number of ether oxygens (including phenoxy) is 1. The van der Waals surface area contributed by atoms with Crippen molar-refractivity contribution in [1.82, 2.24) is 9.78 Å². The fourth-order valence-electron chi connectivity index (χ4n) is 3.05. The Morgan fingerprint density at radius 3 is 2.61 bits per heavy atom. The van der Waals surface area contributed by atoms with Gasteiger partial charge in [0.05, 0.1) is 23.1 Å². The van der Waals surface area contributed by atoms with Crippen LogP contribution in [-0.4, -0.2) is 27.7 Å². The van der Waals surface area contributed by atoms with Crippen LogP contribution in [0.3, 0.4) is 0 Å². The molecule has 0 bridgehead atoms. The Labute approximate surface area is 178 Å². The molecule has 160 valence electrons. The summed E-state index contributed by atoms with van der Waals surface area (Å²) >= 11 is 5.79. The molecule has 7 nitrogen and oxygen atoms in total. The molecule has 2 amide bonds. The van der Waals surface area contributed by atoms with Crippen LogP contribution in [0.25, 0.3) is 5.69 Å². The molecule has 0 fully saturated rings. The third kappa shape index (κ3) is 4.06. The third-order valence-corrected chi connectivity index (χ3v) is 4.77. The van der Waals surface area contributed by atoms with E-state index in [1.54, 1.807) is 6.92 Å². The topological polar surface area (TPSA) is 85.2 Å². The second kappa shape index (κ2) is 7.62. The molecule has 0 saturated carbocycles. The summed E-state index contributed by atoms with van der Waals surface area (Å²) in [6.07, 6.45) is -4.69. The Morgan fingerprint density at radius 2 is 1.94 bits per heavy atom. The quantitative estimate of drug-likeness (QED) is 0.614. The Morgan fingerprint density at radius 1 is 1.23 bits per heavy atom. The standard InChI is InChI=1S/C20H14ClF3N4O3/c1-10-18(29)27-15-8-12(4-7-16(15)31-10)26-19(30)14-9-25-28(17(14)20(22,23)24)13-5-2-11(21)3-6-13/h2-10H,1H3,(H,26,30)(H,27,29). The van der Waals surface area contributed by atoms with E-state index in [4.69, 9.17) is 16.3 Å². The molecule has 2 heterocycles. The molecule has 2 aromatic carbocycles. The number of carbonyl (C=O) groups excluding carboxylic acids is 2. The monoisotopic (exact) mass is 450 g/mol. The second-order valence-corrected chi connectivity index (χ2v) is 7.14. The molecule has 1 aliphatic rings. The highest BCUT2D eigenvalue weighted by molar-refractivity contribution is 6.30. The van der Waals surface area contributed by atoms with Gasteiger partial charge in [0, 0.05) is 10.7 Å². The van der Waals surface area contributed by atoms with Gasteiger partial charge in [-0.1, -0.05) is 11.6 Å². The average molecular weight is 451 g/mol. The summed E-state index contributed by atoms with van der Waals surface area (Å²) in [6.45, 7) is 1.57. The molecule has 0 radical (unpaired) electrons. The minimum atomic E-state index is -4.85. The number of anilines is 2. The molecule has 0 saturated heterocycles. The summed E-state index contributed by atoms with van der Waals surface area (Å²) in [5.74, 6) is -1.000. The van der Waals surface area contributed by atoms with E-state index in [1.807, 2.05) is 0 Å². The summed E-state index contributed by atoms with van der Waals surface area (Å²) < 4.78 is 47.4. The van der Waals surface area contributed by atoms with Crippen LogP contribution in [0.2, 0.25) is 5.02 Å². The van der Waals surface area contributed by atoms with Gasteiger partial charge in [-0.15, -0.1) is 0 Å². The predicted octanol–water partition coefficient (Wildman–Crippen LogP) is 4.52. The van der Waals surface area contributed by atoms with Crippen LogP contribution in [-0.2, 0) is 11.0 Å². The van der Waals surface area contributed by atoms with Crippen molar-refractivity contribution in [1.29, 1.82) is 0 Å². The van der Waals surface area contributed by atoms with Gasteiger partial charge in [0.15, 0.2) is 11.8 Å². The Hall–Kier alpha value is -3.53. The minimum absolute atomic E-state index is 0.0959. The largest absolute Gasteiger partial charge is 0.479 e. The van der Waals surface area contributed by atoms with Gasteiger partial charge in [-0.25, -0.2) is 4.68 Å². The third-order valence-electron chi connectivity index (χ3n) is 4.52. The highest BCUT2D eigenvalue weighted by Gasteiger charge is 2.40. The lowest BCUT2D eigenvalue weighted by Crippen LogP contribution is -2.34. The van der Waals surface area contributed by atoms with Crippen molar-refractivity contribution in [2.24, 2.45) is 0 Å². The van der Waals surface area contributed by atoms with Gasteiger partial charge in [0.25, 0.3) is 11.8 Å². The van der Waals surface area contributed by atoms with E-state index in [0.29, 0.717) is 21.1 Å². The molecule has 4 rings (SSSR count). The molecule has 31 heavy (non-hydrogen) atoms. The zero-order valence-corrected chi connectivity index (χ0v) is 16.6. The number of hydrogen-bond donors (Lipinski definition) is 2. The molecule has 3 aromatic rings. The Bertz CT molecular complexity index is 1180. The molecular weight excluding hydrogens is 437 g/mol. The normalized spacial score (nSPS) is 15.6. The highest BCUT2D eigenvalue weighted by Crippen LogP contribution is 2.35. The van der Waals surface area contributed by atoms with Crippen molar-refractivity contribution < 1.29 is 27.5 Å².